The first-order valence-corrected chi connectivity index (χ1v) is 8.08. The monoisotopic (exact) mass is 340 g/mol. The summed E-state index contributed by atoms with van der Waals surface area (Å²) in [5, 5.41) is 4.15. The summed E-state index contributed by atoms with van der Waals surface area (Å²) in [6, 6.07) is 11.7. The third-order valence-electron chi connectivity index (χ3n) is 3.66. The summed E-state index contributed by atoms with van der Waals surface area (Å²) in [6.07, 6.45) is 0. The van der Waals surface area contributed by atoms with Gasteiger partial charge in [0.2, 0.25) is 0 Å². The number of amides is 1. The highest BCUT2D eigenvalue weighted by atomic mass is 16.5. The van der Waals surface area contributed by atoms with E-state index in [2.05, 4.69) is 16.6 Å². The van der Waals surface area contributed by atoms with Crippen LogP contribution in [-0.2, 0) is 4.79 Å². The topological polar surface area (TPSA) is 59.9 Å². The summed E-state index contributed by atoms with van der Waals surface area (Å²) in [6.45, 7) is 7.70. The zero-order valence-corrected chi connectivity index (χ0v) is 15.3. The number of rotatable bonds is 6. The molecule has 5 heteroatoms. The van der Waals surface area contributed by atoms with Crippen LogP contribution in [0, 0.1) is 20.8 Å². The van der Waals surface area contributed by atoms with Crippen LogP contribution in [0.3, 0.4) is 0 Å². The number of carbonyl (C=O) groups excluding carboxylic acids is 1. The van der Waals surface area contributed by atoms with Gasteiger partial charge >= 0.3 is 0 Å². The fourth-order valence-corrected chi connectivity index (χ4v) is 2.51. The Kier molecular flexibility index (Phi) is 6.17. The SMILES string of the molecule is COc1ccc(C)cc1/C(C)=N\NC(=O)COc1cc(C)cc(C)c1. The Bertz CT molecular complexity index is 777. The minimum atomic E-state index is -0.315. The quantitative estimate of drug-likeness (QED) is 0.646. The predicted octanol–water partition coefficient (Wildman–Crippen LogP) is 3.54. The number of carbonyl (C=O) groups is 1. The Morgan fingerprint density at radius 2 is 1.72 bits per heavy atom. The molecule has 0 heterocycles. The van der Waals surface area contributed by atoms with Gasteiger partial charge in [-0.2, -0.15) is 5.10 Å². The van der Waals surface area contributed by atoms with Crippen LogP contribution in [0.4, 0.5) is 0 Å². The van der Waals surface area contributed by atoms with Crippen LogP contribution in [0.15, 0.2) is 41.5 Å². The van der Waals surface area contributed by atoms with Crippen LogP contribution in [0.2, 0.25) is 0 Å². The fraction of sp³-hybridized carbons (Fsp3) is 0.300. The van der Waals surface area contributed by atoms with E-state index in [0.717, 1.165) is 22.3 Å². The molecule has 0 bridgehead atoms. The van der Waals surface area contributed by atoms with Crippen molar-refractivity contribution in [3.63, 3.8) is 0 Å². The lowest BCUT2D eigenvalue weighted by Crippen LogP contribution is -2.25. The molecule has 0 aliphatic carbocycles. The van der Waals surface area contributed by atoms with Crippen LogP contribution in [-0.4, -0.2) is 25.3 Å². The number of nitrogens with zero attached hydrogens (tertiary/aromatic N) is 1. The van der Waals surface area contributed by atoms with Crippen LogP contribution in [0.5, 0.6) is 11.5 Å². The zero-order chi connectivity index (χ0) is 18.4. The van der Waals surface area contributed by atoms with Crippen LogP contribution >= 0.6 is 0 Å². The highest BCUT2D eigenvalue weighted by molar-refractivity contribution is 6.01. The number of hydrazone groups is 1. The van der Waals surface area contributed by atoms with E-state index in [9.17, 15) is 4.79 Å². The second-order valence-electron chi connectivity index (χ2n) is 6.05. The van der Waals surface area contributed by atoms with Crippen molar-refractivity contribution < 1.29 is 14.3 Å². The Morgan fingerprint density at radius 3 is 2.36 bits per heavy atom. The molecule has 2 aromatic rings. The Labute approximate surface area is 148 Å². The molecule has 0 atom stereocenters. The van der Waals surface area contributed by atoms with Gasteiger partial charge in [0.25, 0.3) is 5.91 Å². The number of benzene rings is 2. The second kappa shape index (κ2) is 8.33. The molecule has 0 spiro atoms. The first kappa shape index (κ1) is 18.5. The molecule has 0 unspecified atom stereocenters. The first-order valence-electron chi connectivity index (χ1n) is 8.08. The van der Waals surface area contributed by atoms with Crippen molar-refractivity contribution in [3.8, 4) is 11.5 Å². The highest BCUT2D eigenvalue weighted by Crippen LogP contribution is 2.20. The third-order valence-corrected chi connectivity index (χ3v) is 3.66. The number of aryl methyl sites for hydroxylation is 3. The predicted molar refractivity (Wildman–Crippen MR) is 99.5 cm³/mol. The lowest BCUT2D eigenvalue weighted by molar-refractivity contribution is -0.123. The summed E-state index contributed by atoms with van der Waals surface area (Å²) >= 11 is 0. The van der Waals surface area contributed by atoms with Crippen molar-refractivity contribution in [2.45, 2.75) is 27.7 Å². The molecule has 2 rings (SSSR count). The molecule has 132 valence electrons. The lowest BCUT2D eigenvalue weighted by Gasteiger charge is -2.10. The van der Waals surface area contributed by atoms with Crippen molar-refractivity contribution in [2.75, 3.05) is 13.7 Å². The van der Waals surface area contributed by atoms with Gasteiger partial charge in [0, 0.05) is 5.56 Å². The number of nitrogens with one attached hydrogen (secondary N) is 1. The maximum Gasteiger partial charge on any atom is 0.277 e. The Morgan fingerprint density at radius 1 is 1.04 bits per heavy atom. The summed E-state index contributed by atoms with van der Waals surface area (Å²) in [4.78, 5) is 12.0. The molecular weight excluding hydrogens is 316 g/mol. The molecular formula is C20H24N2O3. The Hall–Kier alpha value is -2.82. The van der Waals surface area contributed by atoms with Crippen LogP contribution in [0.1, 0.15) is 29.2 Å². The van der Waals surface area contributed by atoms with Crippen LogP contribution in [0.25, 0.3) is 0 Å². The second-order valence-corrected chi connectivity index (χ2v) is 6.05. The van der Waals surface area contributed by atoms with Gasteiger partial charge in [0.1, 0.15) is 11.5 Å². The highest BCUT2D eigenvalue weighted by Gasteiger charge is 2.08. The molecule has 0 saturated heterocycles. The number of hydrogen-bond donors (Lipinski definition) is 1. The zero-order valence-electron chi connectivity index (χ0n) is 15.3. The van der Waals surface area contributed by atoms with E-state index in [1.54, 1.807) is 7.11 Å². The van der Waals surface area contributed by atoms with Gasteiger partial charge in [-0.3, -0.25) is 4.79 Å². The molecule has 25 heavy (non-hydrogen) atoms. The minimum absolute atomic E-state index is 0.0926. The average molecular weight is 340 g/mol. The molecule has 0 radical (unpaired) electrons. The van der Waals surface area contributed by atoms with Crippen molar-refractivity contribution in [1.82, 2.24) is 5.43 Å². The number of ether oxygens (including phenoxy) is 2. The lowest BCUT2D eigenvalue weighted by atomic mass is 10.1. The summed E-state index contributed by atoms with van der Waals surface area (Å²) in [5.41, 5.74) is 7.31. The molecule has 1 N–H and O–H groups in total. The van der Waals surface area contributed by atoms with Gasteiger partial charge in [-0.25, -0.2) is 5.43 Å². The van der Waals surface area contributed by atoms with Crippen molar-refractivity contribution in [3.05, 3.63) is 58.7 Å². The fourth-order valence-electron chi connectivity index (χ4n) is 2.51. The van der Waals surface area contributed by atoms with Gasteiger partial charge in [-0.05, 0) is 63.1 Å². The Balaban J connectivity index is 1.98. The molecule has 0 aromatic heterocycles. The maximum atomic E-state index is 12.0. The van der Waals surface area contributed by atoms with E-state index >= 15 is 0 Å². The van der Waals surface area contributed by atoms with Crippen molar-refractivity contribution >= 4 is 11.6 Å². The summed E-state index contributed by atoms with van der Waals surface area (Å²) in [5.74, 6) is 1.08. The van der Waals surface area contributed by atoms with Gasteiger partial charge in [0.15, 0.2) is 6.61 Å². The van der Waals surface area contributed by atoms with Crippen molar-refractivity contribution in [2.24, 2.45) is 5.10 Å². The van der Waals surface area contributed by atoms with E-state index in [1.165, 1.54) is 0 Å². The largest absolute Gasteiger partial charge is 0.496 e. The van der Waals surface area contributed by atoms with Gasteiger partial charge < -0.3 is 9.47 Å². The van der Waals surface area contributed by atoms with E-state index < -0.39 is 0 Å². The molecule has 2 aromatic carbocycles. The van der Waals surface area contributed by atoms with E-state index in [1.807, 2.05) is 58.0 Å². The van der Waals surface area contributed by atoms with E-state index in [0.29, 0.717) is 17.2 Å². The summed E-state index contributed by atoms with van der Waals surface area (Å²) < 4.78 is 10.9. The van der Waals surface area contributed by atoms with Gasteiger partial charge in [-0.1, -0.05) is 17.7 Å². The van der Waals surface area contributed by atoms with Gasteiger partial charge in [0.05, 0.1) is 12.8 Å². The molecule has 0 fully saturated rings. The third kappa shape index (κ3) is 5.35. The van der Waals surface area contributed by atoms with Crippen molar-refractivity contribution in [1.29, 1.82) is 0 Å². The minimum Gasteiger partial charge on any atom is -0.496 e. The van der Waals surface area contributed by atoms with Gasteiger partial charge in [-0.15, -0.1) is 0 Å². The average Bonchev–Trinajstić information content (AvgIpc) is 2.57. The molecule has 0 aliphatic rings. The van der Waals surface area contributed by atoms with Crippen LogP contribution < -0.4 is 14.9 Å². The molecule has 1 amide bonds. The maximum absolute atomic E-state index is 12.0. The van der Waals surface area contributed by atoms with E-state index in [-0.39, 0.29) is 12.5 Å². The van der Waals surface area contributed by atoms with E-state index in [4.69, 9.17) is 9.47 Å². The standard InChI is InChI=1S/C20H24N2O3/c1-13-6-7-19(24-5)18(11-13)16(4)21-22-20(23)12-25-17-9-14(2)8-15(3)10-17/h6-11H,12H2,1-5H3,(H,22,23)/b21-16-. The molecule has 0 saturated carbocycles. The normalized spacial score (nSPS) is 11.2. The molecule has 0 aliphatic heterocycles. The smallest absolute Gasteiger partial charge is 0.277 e. The summed E-state index contributed by atoms with van der Waals surface area (Å²) in [7, 11) is 1.61. The molecule has 5 nitrogen and oxygen atoms in total. The first-order chi connectivity index (χ1) is 11.9. The number of hydrogen-bond acceptors (Lipinski definition) is 4. The number of methoxy groups -OCH3 is 1.